The van der Waals surface area contributed by atoms with E-state index >= 15 is 0 Å². The third-order valence-corrected chi connectivity index (χ3v) is 42.1. The number of rotatable bonds is 1. The molecule has 0 amide bonds. The third-order valence-electron chi connectivity index (χ3n) is 42.1. The highest BCUT2D eigenvalue weighted by Crippen LogP contribution is 2.79. The molecule has 0 aromatic heterocycles. The number of hydrogen-bond donors (Lipinski definition) is 1. The molecule has 2 saturated heterocycles. The molecule has 9 aliphatic carbocycles. The Morgan fingerprint density at radius 3 is 0.609 bits per heavy atom. The molecule has 9 saturated carbocycles. The van der Waals surface area contributed by atoms with Crippen molar-refractivity contribution in [2.24, 2.45) is 186 Å². The molecule has 2 aliphatic heterocycles. The van der Waals surface area contributed by atoms with Gasteiger partial charge in [-0.1, -0.05) is 442 Å². The summed E-state index contributed by atoms with van der Waals surface area (Å²) in [5.74, 6) is -0.541. The molecule has 133 heavy (non-hydrogen) atoms. The van der Waals surface area contributed by atoms with Crippen LogP contribution in [0, 0.1) is 208 Å². The van der Waals surface area contributed by atoms with Crippen molar-refractivity contribution in [1.29, 1.82) is 10.5 Å². The average molecular weight is 1870 g/mol. The number of aliphatic hydroxyl groups is 1. The first-order chi connectivity index (χ1) is 57.8. The van der Waals surface area contributed by atoms with Crippen molar-refractivity contribution in [2.45, 2.75) is 582 Å². The fourth-order valence-corrected chi connectivity index (χ4v) is 32.2. The van der Waals surface area contributed by atoms with Gasteiger partial charge in [-0.15, -0.1) is 0 Å². The summed E-state index contributed by atoms with van der Waals surface area (Å²) in [5.41, 5.74) is 11.6. The van der Waals surface area contributed by atoms with Gasteiger partial charge < -0.3 is 14.6 Å². The fraction of sp³-hybridized carbons (Fsp3) is 0.984. The average Bonchev–Trinajstić information content (AvgIpc) is 1.53. The quantitative estimate of drug-likeness (QED) is 0.283. The van der Waals surface area contributed by atoms with Crippen molar-refractivity contribution in [3.63, 3.8) is 0 Å². The summed E-state index contributed by atoms with van der Waals surface area (Å²) < 4.78 is 37.2. The van der Waals surface area contributed by atoms with Gasteiger partial charge in [-0.25, -0.2) is 8.78 Å². The molecular formula is C126H242F2N2O3. The molecule has 2 heterocycles. The largest absolute Gasteiger partial charge is 0.393 e. The second-order valence-electron chi connectivity index (χ2n) is 68.2. The van der Waals surface area contributed by atoms with E-state index in [1.54, 1.807) is 0 Å². The number of ether oxygens (including phenoxy) is 2. The lowest BCUT2D eigenvalue weighted by Crippen LogP contribution is -2.59. The zero-order valence-corrected chi connectivity index (χ0v) is 102. The Morgan fingerprint density at radius 1 is 0.256 bits per heavy atom. The molecule has 0 bridgehead atoms. The maximum absolute atomic E-state index is 13.1. The molecule has 0 atom stereocenters. The van der Waals surface area contributed by atoms with Gasteiger partial charge in [0.1, 0.15) is 0 Å². The van der Waals surface area contributed by atoms with Crippen LogP contribution in [-0.2, 0) is 9.47 Å². The minimum absolute atomic E-state index is 0.0486. The summed E-state index contributed by atoms with van der Waals surface area (Å²) in [6, 6.07) is 4.71. The number of hydrogen-bond acceptors (Lipinski definition) is 5. The first-order valence-corrected chi connectivity index (χ1v) is 54.8. The molecule has 5 nitrogen and oxygen atoms in total. The van der Waals surface area contributed by atoms with Gasteiger partial charge in [0.05, 0.1) is 38.1 Å². The Balaban J connectivity index is 0.000000500. The summed E-state index contributed by atoms with van der Waals surface area (Å²) in [5, 5.41) is 27.1. The van der Waals surface area contributed by atoms with E-state index in [0.29, 0.717) is 158 Å². The van der Waals surface area contributed by atoms with E-state index in [1.165, 1.54) is 103 Å². The van der Waals surface area contributed by atoms with Gasteiger partial charge in [-0.05, 0) is 278 Å². The van der Waals surface area contributed by atoms with Gasteiger partial charge in [0.25, 0.3) is 0 Å². The maximum atomic E-state index is 13.1. The SMILES string of the molecule is CC(C)(C)C1(C(C)(C)C)CC(C#N)C1.CC(C)(C)C1(C(C)(C)C)CC(CC#N)C1.CC(C)(C)C1(C(C)(C)C)CC(F)(F)C1.CC(C)(C)C1(C(C)(C)C)CC(O)C1.CC(C)(C)C1(C(C)(C)C)CC2(CC2)C1.CC(C)(C)C1(C(C)(C)C)CCC1.CC(C)(C)C1(C(C)(C)C)CCCC1.CC(C)(C)C1(C(C)(C)C)CCOC1.CC(C)(C)C1(C(C)(C)C)COC1.CC1CC(C(C)(C)C)(C(C)(C)C)C1. The highest BCUT2D eigenvalue weighted by Gasteiger charge is 2.70. The van der Waals surface area contributed by atoms with Crippen molar-refractivity contribution in [1.82, 2.24) is 0 Å². The van der Waals surface area contributed by atoms with Crippen LogP contribution in [0.3, 0.4) is 0 Å². The van der Waals surface area contributed by atoms with Gasteiger partial charge >= 0.3 is 0 Å². The number of halogens is 2. The lowest BCUT2D eigenvalue weighted by atomic mass is 9.41. The molecule has 788 valence electrons. The second kappa shape index (κ2) is 40.3. The fourth-order valence-electron chi connectivity index (χ4n) is 32.2. The van der Waals surface area contributed by atoms with Crippen LogP contribution in [0.25, 0.3) is 0 Å². The van der Waals surface area contributed by atoms with Crippen LogP contribution in [0.1, 0.15) is 570 Å². The van der Waals surface area contributed by atoms with Crippen molar-refractivity contribution in [3.8, 4) is 12.1 Å². The molecule has 0 unspecified atom stereocenters. The smallest absolute Gasteiger partial charge is 0.249 e. The van der Waals surface area contributed by atoms with E-state index in [-0.39, 0.29) is 35.2 Å². The maximum Gasteiger partial charge on any atom is 0.249 e. The van der Waals surface area contributed by atoms with Crippen LogP contribution in [0.15, 0.2) is 0 Å². The normalized spacial score (nSPS) is 24.2. The van der Waals surface area contributed by atoms with Crippen LogP contribution in [0.2, 0.25) is 0 Å². The van der Waals surface area contributed by atoms with E-state index in [9.17, 15) is 13.9 Å². The monoisotopic (exact) mass is 1870 g/mol. The summed E-state index contributed by atoms with van der Waals surface area (Å²) >= 11 is 0. The topological polar surface area (TPSA) is 86.3 Å². The van der Waals surface area contributed by atoms with Crippen molar-refractivity contribution in [2.75, 3.05) is 26.4 Å². The molecule has 11 aliphatic rings. The molecule has 0 aromatic carbocycles. The minimum Gasteiger partial charge on any atom is -0.393 e. The third kappa shape index (κ3) is 26.3. The molecule has 0 aromatic rings. The van der Waals surface area contributed by atoms with Crippen molar-refractivity contribution in [3.05, 3.63) is 0 Å². The minimum atomic E-state index is -2.43. The van der Waals surface area contributed by atoms with Gasteiger partial charge in [0.15, 0.2) is 0 Å². The highest BCUT2D eigenvalue weighted by molar-refractivity contribution is 5.19. The van der Waals surface area contributed by atoms with Crippen LogP contribution in [0.5, 0.6) is 0 Å². The summed E-state index contributed by atoms with van der Waals surface area (Å²) in [6.07, 6.45) is 27.4. The van der Waals surface area contributed by atoms with Crippen LogP contribution >= 0.6 is 0 Å². The zero-order chi connectivity index (χ0) is 106. The van der Waals surface area contributed by atoms with E-state index in [1.807, 2.05) is 0 Å². The van der Waals surface area contributed by atoms with E-state index in [0.717, 1.165) is 69.9 Å². The predicted octanol–water partition coefficient (Wildman–Crippen LogP) is 40.7. The van der Waals surface area contributed by atoms with Gasteiger partial charge in [0.2, 0.25) is 5.92 Å². The number of nitrogens with zero attached hydrogens (tertiary/aromatic N) is 2. The number of nitriles is 2. The summed E-state index contributed by atoms with van der Waals surface area (Å²) in [7, 11) is 0. The Bertz CT molecular complexity index is 3310. The van der Waals surface area contributed by atoms with E-state index < -0.39 is 5.92 Å². The van der Waals surface area contributed by atoms with Crippen LogP contribution in [-0.4, -0.2) is 43.6 Å². The lowest BCUT2D eigenvalue weighted by Gasteiger charge is -2.64. The van der Waals surface area contributed by atoms with E-state index in [2.05, 4.69) is 434 Å². The van der Waals surface area contributed by atoms with Gasteiger partial charge in [-0.2, -0.15) is 10.5 Å². The molecule has 1 N–H and O–H groups in total. The van der Waals surface area contributed by atoms with Crippen LogP contribution in [0.4, 0.5) is 8.78 Å². The van der Waals surface area contributed by atoms with Gasteiger partial charge in [-0.3, -0.25) is 0 Å². The Kier molecular flexibility index (Phi) is 38.7. The molecule has 7 heteroatoms. The van der Waals surface area contributed by atoms with Crippen LogP contribution < -0.4 is 0 Å². The first-order valence-electron chi connectivity index (χ1n) is 54.8. The Morgan fingerprint density at radius 2 is 0.481 bits per heavy atom. The molecule has 11 rings (SSSR count). The van der Waals surface area contributed by atoms with Crippen molar-refractivity contribution < 1.29 is 23.4 Å². The Hall–Kier alpha value is -1.28. The molecular weight excluding hydrogens is 1630 g/mol. The second-order valence-corrected chi connectivity index (χ2v) is 68.2. The highest BCUT2D eigenvalue weighted by atomic mass is 19.3. The standard InChI is InChI=1S/C14H25N.C14H26.C13H23N.2C13H26.C12H22F2.2C12H24O.C12H24.C11H22O/c1-12(2,3)14(13(4,5)6)9-11(10-14)7-8-15;1-11(2,3)14(12(4,5)6)9-13(10-14)7-8-13;1-11(2,3)13(12(4,5)6)7-10(8-13)9-14;1-10-8-13(9-10,11(2,3)4)12(5,6)7;1-11(2,3)13(12(4,5)6)9-7-8-10-13;1-9(2,3)11(10(4,5)6)7-12(13,14)8-11;1-10(2,3)12(11(4,5)6)7-9(13)8-12;1-10(2,3)12(11(4,5)6)7-8-13-9-12;1-10(2,3)12(8-7-9-12)11(4,5)6;1-9(2,3)11(7-12-8-11)10(4,5)6/h11H,7,9-10H2,1-6H3;7-10H2,1-6H3;10H,7-8H2,1-6H3;10H,8-9H2,1-7H3;7-10H2,1-6H3;7-8H2,1-6H3;9,13H,7-8H2,1-6H3;7-9H2,1-6H3;7-9H2,1-6H3;7-8H2,1-6H3. The zero-order valence-electron chi connectivity index (χ0n) is 102. The summed E-state index contributed by atoms with van der Waals surface area (Å²) in [6.45, 7) is 146. The molecule has 1 spiro atoms. The van der Waals surface area contributed by atoms with Gasteiger partial charge in [0, 0.05) is 42.6 Å². The lowest BCUT2D eigenvalue weighted by molar-refractivity contribution is -0.243. The summed E-state index contributed by atoms with van der Waals surface area (Å²) in [4.78, 5) is 0. The predicted molar refractivity (Wildman–Crippen MR) is 582 cm³/mol. The number of aliphatic hydroxyl groups excluding tert-OH is 1. The number of alkyl halides is 2. The van der Waals surface area contributed by atoms with Crippen molar-refractivity contribution >= 4 is 0 Å². The van der Waals surface area contributed by atoms with E-state index in [4.69, 9.17) is 20.0 Å². The molecule has 11 fully saturated rings. The molecule has 0 radical (unpaired) electrons. The Labute approximate surface area is 834 Å². The first kappa shape index (κ1) is 128.